The maximum Gasteiger partial charge on any atom is 0.312 e. The molecule has 0 aromatic heterocycles. The monoisotopic (exact) mass is 342 g/mol. The molecule has 0 aromatic carbocycles. The van der Waals surface area contributed by atoms with E-state index in [1.807, 2.05) is 34.6 Å². The fourth-order valence-corrected chi connectivity index (χ4v) is 3.60. The van der Waals surface area contributed by atoms with Crippen LogP contribution in [0, 0.1) is 23.7 Å². The van der Waals surface area contributed by atoms with Crippen molar-refractivity contribution in [2.24, 2.45) is 23.7 Å². The number of esters is 1. The zero-order valence-corrected chi connectivity index (χ0v) is 16.3. The van der Waals surface area contributed by atoms with Crippen LogP contribution in [0.1, 0.15) is 79.6 Å². The topological polar surface area (TPSA) is 66.8 Å². The first kappa shape index (κ1) is 21.4. The van der Waals surface area contributed by atoms with E-state index < -0.39 is 17.6 Å². The van der Waals surface area contributed by atoms with Crippen LogP contribution in [-0.2, 0) is 9.53 Å². The number of rotatable bonds is 8. The van der Waals surface area contributed by atoms with E-state index in [1.165, 1.54) is 19.3 Å². The Labute approximate surface area is 148 Å². The summed E-state index contributed by atoms with van der Waals surface area (Å²) in [6, 6.07) is 0. The van der Waals surface area contributed by atoms with Gasteiger partial charge in [-0.05, 0) is 51.4 Å². The SMILES string of the molecule is CC(C)C(CO)CC(O)C(CC1CCCCC1)C(=O)OC(C)(C)C. The Morgan fingerprint density at radius 2 is 1.75 bits per heavy atom. The molecule has 1 fully saturated rings. The molecular formula is C20H38O4. The molecule has 4 nitrogen and oxygen atoms in total. The van der Waals surface area contributed by atoms with Crippen LogP contribution >= 0.6 is 0 Å². The van der Waals surface area contributed by atoms with Gasteiger partial charge in [0.2, 0.25) is 0 Å². The van der Waals surface area contributed by atoms with E-state index in [0.717, 1.165) is 12.8 Å². The van der Waals surface area contributed by atoms with E-state index in [9.17, 15) is 15.0 Å². The molecule has 0 heterocycles. The molecule has 3 atom stereocenters. The summed E-state index contributed by atoms with van der Waals surface area (Å²) in [5, 5.41) is 20.3. The maximum atomic E-state index is 12.7. The van der Waals surface area contributed by atoms with Crippen molar-refractivity contribution in [3.63, 3.8) is 0 Å². The molecule has 1 rings (SSSR count). The van der Waals surface area contributed by atoms with Gasteiger partial charge in [-0.25, -0.2) is 0 Å². The smallest absolute Gasteiger partial charge is 0.312 e. The summed E-state index contributed by atoms with van der Waals surface area (Å²) in [4.78, 5) is 12.7. The highest BCUT2D eigenvalue weighted by molar-refractivity contribution is 5.73. The molecule has 4 heteroatoms. The summed E-state index contributed by atoms with van der Waals surface area (Å²) in [6.45, 7) is 9.70. The molecule has 0 aromatic rings. The van der Waals surface area contributed by atoms with Crippen LogP contribution in [0.5, 0.6) is 0 Å². The van der Waals surface area contributed by atoms with E-state index in [1.54, 1.807) is 0 Å². The van der Waals surface area contributed by atoms with Gasteiger partial charge in [0, 0.05) is 6.61 Å². The minimum absolute atomic E-state index is 0.0105. The quantitative estimate of drug-likeness (QED) is 0.656. The van der Waals surface area contributed by atoms with Gasteiger partial charge < -0.3 is 14.9 Å². The molecule has 24 heavy (non-hydrogen) atoms. The first-order valence-corrected chi connectivity index (χ1v) is 9.65. The Morgan fingerprint density at radius 3 is 2.21 bits per heavy atom. The molecule has 0 spiro atoms. The lowest BCUT2D eigenvalue weighted by Crippen LogP contribution is -2.38. The van der Waals surface area contributed by atoms with Crippen LogP contribution in [0.15, 0.2) is 0 Å². The van der Waals surface area contributed by atoms with Gasteiger partial charge in [-0.2, -0.15) is 0 Å². The molecule has 1 aliphatic rings. The molecule has 0 aliphatic heterocycles. The van der Waals surface area contributed by atoms with Crippen LogP contribution in [0.25, 0.3) is 0 Å². The molecular weight excluding hydrogens is 304 g/mol. The number of hydrogen-bond donors (Lipinski definition) is 2. The van der Waals surface area contributed by atoms with Gasteiger partial charge in [-0.15, -0.1) is 0 Å². The summed E-state index contributed by atoms with van der Waals surface area (Å²) >= 11 is 0. The van der Waals surface area contributed by atoms with E-state index in [2.05, 4.69) is 0 Å². The largest absolute Gasteiger partial charge is 0.460 e. The Hall–Kier alpha value is -0.610. The van der Waals surface area contributed by atoms with Crippen molar-refractivity contribution in [1.29, 1.82) is 0 Å². The number of aliphatic hydroxyl groups is 2. The first-order valence-electron chi connectivity index (χ1n) is 9.65. The Balaban J connectivity index is 2.79. The Morgan fingerprint density at radius 1 is 1.17 bits per heavy atom. The van der Waals surface area contributed by atoms with Gasteiger partial charge in [0.25, 0.3) is 0 Å². The molecule has 0 saturated heterocycles. The summed E-state index contributed by atoms with van der Waals surface area (Å²) in [5.41, 5.74) is -0.546. The lowest BCUT2D eigenvalue weighted by atomic mass is 9.78. The van der Waals surface area contributed by atoms with Crippen LogP contribution in [0.2, 0.25) is 0 Å². The molecule has 0 radical (unpaired) electrons. The van der Waals surface area contributed by atoms with Crippen molar-refractivity contribution in [2.75, 3.05) is 6.61 Å². The first-order chi connectivity index (χ1) is 11.1. The van der Waals surface area contributed by atoms with Gasteiger partial charge in [0.1, 0.15) is 5.60 Å². The van der Waals surface area contributed by atoms with E-state index in [0.29, 0.717) is 18.8 Å². The second-order valence-corrected chi connectivity index (χ2v) is 8.87. The van der Waals surface area contributed by atoms with E-state index in [4.69, 9.17) is 4.74 Å². The Kier molecular flexibility index (Phi) is 8.72. The average molecular weight is 343 g/mol. The third-order valence-electron chi connectivity index (χ3n) is 5.21. The third kappa shape index (κ3) is 7.52. The fraction of sp³-hybridized carbons (Fsp3) is 0.950. The molecule has 0 amide bonds. The normalized spacial score (nSPS) is 20.7. The highest BCUT2D eigenvalue weighted by Gasteiger charge is 2.35. The number of ether oxygens (including phenoxy) is 1. The van der Waals surface area contributed by atoms with Crippen LogP contribution in [0.3, 0.4) is 0 Å². The van der Waals surface area contributed by atoms with Crippen molar-refractivity contribution < 1.29 is 19.7 Å². The third-order valence-corrected chi connectivity index (χ3v) is 5.21. The standard InChI is InChI=1S/C20H38O4/c1-14(2)16(13-21)12-18(22)17(19(23)24-20(3,4)5)11-15-9-7-6-8-10-15/h14-18,21-22H,6-13H2,1-5H3. The second kappa shape index (κ2) is 9.76. The molecule has 2 N–H and O–H groups in total. The maximum absolute atomic E-state index is 12.7. The van der Waals surface area contributed by atoms with Crippen molar-refractivity contribution in [3.8, 4) is 0 Å². The zero-order chi connectivity index (χ0) is 18.3. The van der Waals surface area contributed by atoms with Crippen LogP contribution in [-0.4, -0.2) is 34.5 Å². The molecule has 1 saturated carbocycles. The van der Waals surface area contributed by atoms with Gasteiger partial charge in [0.05, 0.1) is 12.0 Å². The van der Waals surface area contributed by atoms with Crippen molar-refractivity contribution in [1.82, 2.24) is 0 Å². The van der Waals surface area contributed by atoms with Gasteiger partial charge in [-0.3, -0.25) is 4.79 Å². The van der Waals surface area contributed by atoms with E-state index >= 15 is 0 Å². The zero-order valence-electron chi connectivity index (χ0n) is 16.3. The van der Waals surface area contributed by atoms with Crippen LogP contribution in [0.4, 0.5) is 0 Å². The van der Waals surface area contributed by atoms with Crippen molar-refractivity contribution in [3.05, 3.63) is 0 Å². The van der Waals surface area contributed by atoms with Crippen LogP contribution < -0.4 is 0 Å². The predicted molar refractivity (Wildman–Crippen MR) is 96.6 cm³/mol. The molecule has 142 valence electrons. The highest BCUT2D eigenvalue weighted by Crippen LogP contribution is 2.33. The number of carbonyl (C=O) groups is 1. The molecule has 1 aliphatic carbocycles. The van der Waals surface area contributed by atoms with Crippen molar-refractivity contribution >= 4 is 5.97 Å². The molecule has 0 bridgehead atoms. The van der Waals surface area contributed by atoms with Gasteiger partial charge >= 0.3 is 5.97 Å². The summed E-state index contributed by atoms with van der Waals surface area (Å²) in [7, 11) is 0. The summed E-state index contributed by atoms with van der Waals surface area (Å²) < 4.78 is 5.58. The number of carbonyl (C=O) groups excluding carboxylic acids is 1. The average Bonchev–Trinajstić information content (AvgIpc) is 2.48. The predicted octanol–water partition coefficient (Wildman–Crippen LogP) is 3.93. The van der Waals surface area contributed by atoms with Gasteiger partial charge in [-0.1, -0.05) is 46.0 Å². The lowest BCUT2D eigenvalue weighted by Gasteiger charge is -2.32. The minimum atomic E-state index is -0.749. The van der Waals surface area contributed by atoms with E-state index in [-0.39, 0.29) is 24.4 Å². The summed E-state index contributed by atoms with van der Waals surface area (Å²) in [6.07, 6.45) is 6.38. The van der Waals surface area contributed by atoms with Crippen molar-refractivity contribution in [2.45, 2.75) is 91.3 Å². The second-order valence-electron chi connectivity index (χ2n) is 8.87. The Bertz CT molecular complexity index is 366. The number of hydrogen-bond acceptors (Lipinski definition) is 4. The lowest BCUT2D eigenvalue weighted by molar-refractivity contribution is -0.165. The number of aliphatic hydroxyl groups excluding tert-OH is 2. The summed E-state index contributed by atoms with van der Waals surface area (Å²) in [5.74, 6) is 0.00796. The highest BCUT2D eigenvalue weighted by atomic mass is 16.6. The minimum Gasteiger partial charge on any atom is -0.460 e. The fourth-order valence-electron chi connectivity index (χ4n) is 3.60. The molecule has 3 unspecified atom stereocenters. The van der Waals surface area contributed by atoms with Gasteiger partial charge in [0.15, 0.2) is 0 Å².